The number of carbonyl (C=O) groups is 1. The Kier molecular flexibility index (Phi) is 5.33. The van der Waals surface area contributed by atoms with Crippen LogP contribution in [0.1, 0.15) is 66.4 Å². The second-order valence-corrected chi connectivity index (χ2v) is 9.11. The highest BCUT2D eigenvalue weighted by atomic mass is 35.5. The predicted molar refractivity (Wildman–Crippen MR) is 120 cm³/mol. The molecule has 0 saturated carbocycles. The summed E-state index contributed by atoms with van der Waals surface area (Å²) in [6, 6.07) is 8.72. The summed E-state index contributed by atoms with van der Waals surface area (Å²) in [6.45, 7) is 6.12. The molecule has 5 nitrogen and oxygen atoms in total. The quantitative estimate of drug-likeness (QED) is 0.416. The fourth-order valence-corrected chi connectivity index (χ4v) is 4.23. The number of amides is 1. The van der Waals surface area contributed by atoms with Gasteiger partial charge in [0.05, 0.1) is 16.8 Å². The fraction of sp³-hybridized carbons (Fsp3) is 0.333. The number of phenols is 1. The lowest BCUT2D eigenvalue weighted by Gasteiger charge is -2.21. The van der Waals surface area contributed by atoms with Gasteiger partial charge in [-0.05, 0) is 42.9 Å². The largest absolute Gasteiger partial charge is 0.507 e. The highest BCUT2D eigenvalue weighted by molar-refractivity contribution is 6.33. The highest BCUT2D eigenvalue weighted by Gasteiger charge is 2.27. The van der Waals surface area contributed by atoms with Crippen molar-refractivity contribution in [1.29, 1.82) is 0 Å². The molecule has 2 aromatic carbocycles. The molecule has 30 heavy (non-hydrogen) atoms. The molecule has 0 spiro atoms. The number of halogens is 1. The van der Waals surface area contributed by atoms with Crippen LogP contribution in [0, 0.1) is 0 Å². The molecule has 1 amide bonds. The summed E-state index contributed by atoms with van der Waals surface area (Å²) in [7, 11) is 0. The van der Waals surface area contributed by atoms with Gasteiger partial charge in [-0.3, -0.25) is 4.79 Å². The molecule has 2 N–H and O–H groups in total. The van der Waals surface area contributed by atoms with E-state index in [4.69, 9.17) is 16.0 Å². The molecule has 4 rings (SSSR count). The summed E-state index contributed by atoms with van der Waals surface area (Å²) in [5.41, 5.74) is 5.81. The Balaban J connectivity index is 1.77. The number of aryl methyl sites for hydroxylation is 2. The van der Waals surface area contributed by atoms with E-state index < -0.39 is 5.91 Å². The summed E-state index contributed by atoms with van der Waals surface area (Å²) in [6.07, 6.45) is 5.50. The number of benzene rings is 2. The van der Waals surface area contributed by atoms with Crippen LogP contribution in [0.5, 0.6) is 5.75 Å². The molecule has 1 heterocycles. The summed E-state index contributed by atoms with van der Waals surface area (Å²) in [5.74, 6) is 0.741. The Morgan fingerprint density at radius 2 is 1.97 bits per heavy atom. The third-order valence-corrected chi connectivity index (χ3v) is 5.87. The van der Waals surface area contributed by atoms with E-state index in [9.17, 15) is 9.90 Å². The van der Waals surface area contributed by atoms with Gasteiger partial charge >= 0.3 is 0 Å². The molecule has 3 aromatic rings. The summed E-state index contributed by atoms with van der Waals surface area (Å²) in [4.78, 5) is 12.4. The minimum absolute atomic E-state index is 0.167. The van der Waals surface area contributed by atoms with Gasteiger partial charge in [-0.2, -0.15) is 5.10 Å². The Hall–Kier alpha value is -2.79. The van der Waals surface area contributed by atoms with Crippen LogP contribution in [0.4, 0.5) is 0 Å². The van der Waals surface area contributed by atoms with E-state index in [1.54, 1.807) is 24.3 Å². The smallest absolute Gasteiger partial charge is 0.272 e. The molecule has 0 fully saturated rings. The molecule has 1 aromatic heterocycles. The molecule has 0 unspecified atom stereocenters. The lowest BCUT2D eigenvalue weighted by Crippen LogP contribution is -2.18. The van der Waals surface area contributed by atoms with Crippen LogP contribution in [-0.4, -0.2) is 17.2 Å². The number of hydrogen-bond acceptors (Lipinski definition) is 4. The first-order valence-electron chi connectivity index (χ1n) is 10.2. The van der Waals surface area contributed by atoms with Gasteiger partial charge in [0.15, 0.2) is 0 Å². The van der Waals surface area contributed by atoms with Crippen molar-refractivity contribution in [2.75, 3.05) is 0 Å². The normalized spacial score (nSPS) is 14.3. The van der Waals surface area contributed by atoms with E-state index in [-0.39, 0.29) is 11.2 Å². The van der Waals surface area contributed by atoms with Crippen molar-refractivity contribution < 1.29 is 14.3 Å². The number of aromatic hydroxyl groups is 1. The van der Waals surface area contributed by atoms with Crippen LogP contribution < -0.4 is 5.43 Å². The molecular formula is C24H25ClN2O3. The van der Waals surface area contributed by atoms with Gasteiger partial charge in [-0.1, -0.05) is 44.5 Å². The highest BCUT2D eigenvalue weighted by Crippen LogP contribution is 2.42. The predicted octanol–water partition coefficient (Wildman–Crippen LogP) is 5.73. The van der Waals surface area contributed by atoms with Gasteiger partial charge in [-0.25, -0.2) is 5.43 Å². The van der Waals surface area contributed by atoms with Gasteiger partial charge in [0, 0.05) is 28.5 Å². The van der Waals surface area contributed by atoms with Crippen LogP contribution in [-0.2, 0) is 18.3 Å². The van der Waals surface area contributed by atoms with Crippen molar-refractivity contribution >= 4 is 34.7 Å². The topological polar surface area (TPSA) is 74.8 Å². The molecular weight excluding hydrogens is 400 g/mol. The summed E-state index contributed by atoms with van der Waals surface area (Å²) < 4.78 is 6.16. The van der Waals surface area contributed by atoms with E-state index in [0.717, 1.165) is 53.5 Å². The van der Waals surface area contributed by atoms with E-state index in [2.05, 4.69) is 10.5 Å². The first-order chi connectivity index (χ1) is 14.3. The van der Waals surface area contributed by atoms with Crippen LogP contribution in [0.2, 0.25) is 5.02 Å². The Morgan fingerprint density at radius 3 is 2.70 bits per heavy atom. The number of phenolic OH excluding ortho intramolecular Hbond substituents is 1. The molecule has 1 aliphatic rings. The molecule has 1 aliphatic carbocycles. The lowest BCUT2D eigenvalue weighted by molar-refractivity contribution is 0.0955. The molecule has 0 saturated heterocycles. The van der Waals surface area contributed by atoms with Gasteiger partial charge in [0.2, 0.25) is 0 Å². The second kappa shape index (κ2) is 7.80. The Morgan fingerprint density at radius 1 is 1.23 bits per heavy atom. The molecule has 0 atom stereocenters. The van der Waals surface area contributed by atoms with E-state index in [0.29, 0.717) is 16.1 Å². The Bertz CT molecular complexity index is 1160. The second-order valence-electron chi connectivity index (χ2n) is 8.70. The maximum Gasteiger partial charge on any atom is 0.272 e. The standard InChI is InChI=1S/C24H25ClN2O3/c1-24(2,3)17-12-20-21(15-9-5-7-11-19(15)30-20)16(22(17)28)13-26-27-23(29)14-8-4-6-10-18(14)25/h4,6,8,10,12-13,28H,5,7,9,11H2,1-3H3,(H,27,29)/b26-13-. The van der Waals surface area contributed by atoms with Crippen molar-refractivity contribution in [2.45, 2.75) is 51.9 Å². The van der Waals surface area contributed by atoms with Crippen LogP contribution in [0.3, 0.4) is 0 Å². The van der Waals surface area contributed by atoms with Crippen molar-refractivity contribution in [3.63, 3.8) is 0 Å². The monoisotopic (exact) mass is 424 g/mol. The molecule has 0 bridgehead atoms. The minimum Gasteiger partial charge on any atom is -0.507 e. The third-order valence-electron chi connectivity index (χ3n) is 5.54. The molecule has 6 heteroatoms. The first-order valence-corrected chi connectivity index (χ1v) is 10.5. The van der Waals surface area contributed by atoms with Gasteiger partial charge in [0.25, 0.3) is 5.91 Å². The Labute approximate surface area is 180 Å². The summed E-state index contributed by atoms with van der Waals surface area (Å²) in [5, 5.41) is 16.5. The molecule has 156 valence electrons. The van der Waals surface area contributed by atoms with Gasteiger partial charge in [-0.15, -0.1) is 0 Å². The number of nitrogens with one attached hydrogen (secondary N) is 1. The van der Waals surface area contributed by atoms with Crippen LogP contribution in [0.25, 0.3) is 11.0 Å². The zero-order valence-corrected chi connectivity index (χ0v) is 18.1. The minimum atomic E-state index is -0.409. The zero-order valence-electron chi connectivity index (χ0n) is 17.4. The maximum atomic E-state index is 12.4. The van der Waals surface area contributed by atoms with Gasteiger partial charge < -0.3 is 9.52 Å². The van der Waals surface area contributed by atoms with Crippen molar-refractivity contribution in [3.8, 4) is 5.75 Å². The summed E-state index contributed by atoms with van der Waals surface area (Å²) >= 11 is 6.09. The van der Waals surface area contributed by atoms with Crippen LogP contribution >= 0.6 is 11.6 Å². The van der Waals surface area contributed by atoms with E-state index in [1.807, 2.05) is 26.8 Å². The number of hydrogen-bond donors (Lipinski definition) is 2. The molecule has 0 aliphatic heterocycles. The van der Waals surface area contributed by atoms with Crippen molar-refractivity contribution in [1.82, 2.24) is 5.43 Å². The van der Waals surface area contributed by atoms with Crippen LogP contribution in [0.15, 0.2) is 39.9 Å². The molecule has 0 radical (unpaired) electrons. The fourth-order valence-electron chi connectivity index (χ4n) is 4.01. The number of rotatable bonds is 3. The zero-order chi connectivity index (χ0) is 21.5. The van der Waals surface area contributed by atoms with Crippen molar-refractivity contribution in [2.24, 2.45) is 5.10 Å². The van der Waals surface area contributed by atoms with E-state index >= 15 is 0 Å². The number of furan rings is 1. The van der Waals surface area contributed by atoms with Gasteiger partial charge in [0.1, 0.15) is 17.1 Å². The number of fused-ring (bicyclic) bond motifs is 3. The average Bonchev–Trinajstić information content (AvgIpc) is 3.07. The van der Waals surface area contributed by atoms with E-state index in [1.165, 1.54) is 6.21 Å². The average molecular weight is 425 g/mol. The van der Waals surface area contributed by atoms with Crippen molar-refractivity contribution in [3.05, 3.63) is 63.4 Å². The first kappa shape index (κ1) is 20.5. The lowest BCUT2D eigenvalue weighted by atomic mass is 9.83. The number of carbonyl (C=O) groups excluding carboxylic acids is 1. The third kappa shape index (κ3) is 3.70. The SMILES string of the molecule is CC(C)(C)c1cc2oc3c(c2c(/C=N\NC(=O)c2ccccc2Cl)c1O)CCCC3. The number of nitrogens with zero attached hydrogens (tertiary/aromatic N) is 1. The maximum absolute atomic E-state index is 12.4. The number of hydrazone groups is 1.